The van der Waals surface area contributed by atoms with Gasteiger partial charge in [-0.25, -0.2) is 9.50 Å². The van der Waals surface area contributed by atoms with Crippen molar-refractivity contribution in [3.8, 4) is 22.9 Å². The maximum atomic E-state index is 12.4. The molecular weight excluding hydrogens is 428 g/mol. The molecule has 178 valence electrons. The molecule has 0 spiro atoms. The molecule has 3 aromatic heterocycles. The Kier molecular flexibility index (Phi) is 6.73. The zero-order chi connectivity index (χ0) is 24.3. The minimum atomic E-state index is -0.183. The summed E-state index contributed by atoms with van der Waals surface area (Å²) in [5, 5.41) is 17.1. The fraction of sp³-hybridized carbons (Fsp3) is 0.462. The van der Waals surface area contributed by atoms with Crippen molar-refractivity contribution in [2.75, 3.05) is 24.6 Å². The van der Waals surface area contributed by atoms with Gasteiger partial charge in [0.2, 0.25) is 5.91 Å². The van der Waals surface area contributed by atoms with Gasteiger partial charge in [0.15, 0.2) is 0 Å². The van der Waals surface area contributed by atoms with Gasteiger partial charge in [-0.05, 0) is 51.3 Å². The Hall–Kier alpha value is -3.60. The van der Waals surface area contributed by atoms with E-state index in [2.05, 4.69) is 28.3 Å². The number of hydrogen-bond acceptors (Lipinski definition) is 6. The van der Waals surface area contributed by atoms with Crippen molar-refractivity contribution in [2.45, 2.75) is 52.5 Å². The fourth-order valence-electron chi connectivity index (χ4n) is 4.34. The Balaban J connectivity index is 1.53. The van der Waals surface area contributed by atoms with E-state index in [1.807, 2.05) is 45.2 Å². The van der Waals surface area contributed by atoms with Crippen LogP contribution in [0.15, 0.2) is 36.8 Å². The lowest BCUT2D eigenvalue weighted by atomic mass is 9.88. The third-order valence-corrected chi connectivity index (χ3v) is 6.75. The third-order valence-electron chi connectivity index (χ3n) is 6.75. The van der Waals surface area contributed by atoms with Gasteiger partial charge in [0.1, 0.15) is 17.6 Å². The Labute approximate surface area is 200 Å². The predicted molar refractivity (Wildman–Crippen MR) is 132 cm³/mol. The van der Waals surface area contributed by atoms with Crippen molar-refractivity contribution in [1.82, 2.24) is 19.9 Å². The van der Waals surface area contributed by atoms with Crippen molar-refractivity contribution in [2.24, 2.45) is 5.92 Å². The van der Waals surface area contributed by atoms with Gasteiger partial charge >= 0.3 is 0 Å². The van der Waals surface area contributed by atoms with Crippen LogP contribution in [0.25, 0.3) is 16.6 Å². The van der Waals surface area contributed by atoms with Crippen LogP contribution in [-0.4, -0.2) is 45.7 Å². The number of anilines is 1. The molecule has 4 rings (SSSR count). The average Bonchev–Trinajstić information content (AvgIpc) is 3.27. The molecule has 1 aliphatic heterocycles. The van der Waals surface area contributed by atoms with Crippen LogP contribution < -0.4 is 15.0 Å². The summed E-state index contributed by atoms with van der Waals surface area (Å²) in [6.45, 7) is 10.3. The average molecular weight is 461 g/mol. The van der Waals surface area contributed by atoms with Gasteiger partial charge in [-0.1, -0.05) is 13.8 Å². The number of piperidine rings is 1. The van der Waals surface area contributed by atoms with Crippen LogP contribution in [0.3, 0.4) is 0 Å². The van der Waals surface area contributed by atoms with Crippen molar-refractivity contribution in [3.05, 3.63) is 42.4 Å². The number of amides is 1. The molecule has 0 aliphatic carbocycles. The molecule has 1 N–H and O–H groups in total. The summed E-state index contributed by atoms with van der Waals surface area (Å²) >= 11 is 0. The maximum absolute atomic E-state index is 12.4. The van der Waals surface area contributed by atoms with E-state index >= 15 is 0 Å². The Morgan fingerprint density at radius 1 is 1.29 bits per heavy atom. The highest BCUT2D eigenvalue weighted by molar-refractivity contribution is 5.85. The number of pyridine rings is 2. The van der Waals surface area contributed by atoms with Gasteiger partial charge in [0, 0.05) is 41.9 Å². The number of nitrogens with zero attached hydrogens (tertiary/aromatic N) is 5. The van der Waals surface area contributed by atoms with Crippen LogP contribution in [0.4, 0.5) is 5.82 Å². The lowest BCUT2D eigenvalue weighted by molar-refractivity contribution is -0.126. The van der Waals surface area contributed by atoms with E-state index in [1.165, 1.54) is 0 Å². The second kappa shape index (κ2) is 9.72. The van der Waals surface area contributed by atoms with E-state index in [0.29, 0.717) is 17.9 Å². The highest BCUT2D eigenvalue weighted by Gasteiger charge is 2.32. The molecule has 3 aromatic rings. The van der Waals surface area contributed by atoms with Crippen LogP contribution in [0.2, 0.25) is 0 Å². The van der Waals surface area contributed by atoms with E-state index in [4.69, 9.17) is 9.72 Å². The summed E-state index contributed by atoms with van der Waals surface area (Å²) < 4.78 is 7.39. The molecule has 1 fully saturated rings. The molecule has 0 bridgehead atoms. The number of nitrogens with one attached hydrogen (secondary N) is 1. The number of aromatic nitrogens is 3. The van der Waals surface area contributed by atoms with Crippen LogP contribution in [0, 0.1) is 17.2 Å². The SMILES string of the molecule is CCOc1cc(-c2ccc(N3CCC(C)(NC(=O)[C@@H](C)CC)CC3)nc2)c2c(C#N)cnn2c1. The molecule has 1 saturated heterocycles. The molecule has 1 atom stereocenters. The number of ether oxygens (including phenoxy) is 1. The van der Waals surface area contributed by atoms with Gasteiger partial charge in [0.25, 0.3) is 0 Å². The van der Waals surface area contributed by atoms with Crippen molar-refractivity contribution < 1.29 is 9.53 Å². The monoisotopic (exact) mass is 460 g/mol. The Morgan fingerprint density at radius 2 is 2.06 bits per heavy atom. The highest BCUT2D eigenvalue weighted by atomic mass is 16.5. The standard InChI is InChI=1S/C26H32N6O2/c1-5-18(3)25(33)30-26(4)9-11-31(12-10-26)23-8-7-19(15-28-23)22-13-21(34-6-2)17-32-24(22)20(14-27)16-29-32/h7-8,13,15-18H,5-6,9-12H2,1-4H3,(H,30,33)/t18-/m0/s1. The fourth-order valence-corrected chi connectivity index (χ4v) is 4.34. The lowest BCUT2D eigenvalue weighted by Crippen LogP contribution is -2.54. The summed E-state index contributed by atoms with van der Waals surface area (Å²) in [4.78, 5) is 19.4. The number of carbonyl (C=O) groups excluding carboxylic acids is 1. The number of hydrogen-bond donors (Lipinski definition) is 1. The van der Waals surface area contributed by atoms with Crippen LogP contribution >= 0.6 is 0 Å². The topological polar surface area (TPSA) is 95.5 Å². The van der Waals surface area contributed by atoms with Gasteiger partial charge in [-0.2, -0.15) is 10.4 Å². The first-order chi connectivity index (χ1) is 16.4. The molecule has 8 nitrogen and oxygen atoms in total. The van der Waals surface area contributed by atoms with E-state index in [-0.39, 0.29) is 17.4 Å². The first-order valence-corrected chi connectivity index (χ1v) is 11.9. The molecule has 1 aliphatic rings. The minimum absolute atomic E-state index is 0.0362. The number of carbonyl (C=O) groups is 1. The molecule has 0 aromatic carbocycles. The summed E-state index contributed by atoms with van der Waals surface area (Å²) in [5.41, 5.74) is 2.83. The quantitative estimate of drug-likeness (QED) is 0.568. The largest absolute Gasteiger partial charge is 0.492 e. The molecular formula is C26H32N6O2. The molecule has 0 saturated carbocycles. The van der Waals surface area contributed by atoms with Gasteiger partial charge in [-0.3, -0.25) is 4.79 Å². The molecule has 0 radical (unpaired) electrons. The zero-order valence-electron chi connectivity index (χ0n) is 20.3. The number of fused-ring (bicyclic) bond motifs is 1. The summed E-state index contributed by atoms with van der Waals surface area (Å²) in [7, 11) is 0. The molecule has 4 heterocycles. The summed E-state index contributed by atoms with van der Waals surface area (Å²) in [6, 6.07) is 8.20. The minimum Gasteiger partial charge on any atom is -0.492 e. The van der Waals surface area contributed by atoms with Crippen molar-refractivity contribution in [3.63, 3.8) is 0 Å². The normalized spacial score (nSPS) is 16.1. The Morgan fingerprint density at radius 3 is 2.68 bits per heavy atom. The van der Waals surface area contributed by atoms with Crippen molar-refractivity contribution in [1.29, 1.82) is 5.26 Å². The van der Waals surface area contributed by atoms with E-state index in [0.717, 1.165) is 54.8 Å². The van der Waals surface area contributed by atoms with Gasteiger partial charge in [-0.15, -0.1) is 0 Å². The van der Waals surface area contributed by atoms with Crippen LogP contribution in [0.1, 0.15) is 52.5 Å². The molecule has 0 unspecified atom stereocenters. The van der Waals surface area contributed by atoms with Crippen molar-refractivity contribution >= 4 is 17.2 Å². The van der Waals surface area contributed by atoms with E-state index < -0.39 is 0 Å². The van der Waals surface area contributed by atoms with Gasteiger partial charge in [0.05, 0.1) is 30.1 Å². The smallest absolute Gasteiger partial charge is 0.223 e. The second-order valence-electron chi connectivity index (χ2n) is 9.24. The predicted octanol–water partition coefficient (Wildman–Crippen LogP) is 4.19. The molecule has 8 heteroatoms. The third kappa shape index (κ3) is 4.69. The first-order valence-electron chi connectivity index (χ1n) is 11.9. The van der Waals surface area contributed by atoms with E-state index in [9.17, 15) is 10.1 Å². The molecule has 34 heavy (non-hydrogen) atoms. The van der Waals surface area contributed by atoms with E-state index in [1.54, 1.807) is 16.9 Å². The highest BCUT2D eigenvalue weighted by Crippen LogP contribution is 2.32. The maximum Gasteiger partial charge on any atom is 0.223 e. The van der Waals surface area contributed by atoms with Crippen LogP contribution in [-0.2, 0) is 4.79 Å². The number of rotatable bonds is 7. The Bertz CT molecular complexity index is 1200. The van der Waals surface area contributed by atoms with Crippen LogP contribution in [0.5, 0.6) is 5.75 Å². The first kappa shape index (κ1) is 23.6. The van der Waals surface area contributed by atoms with Gasteiger partial charge < -0.3 is 15.0 Å². The zero-order valence-corrected chi connectivity index (χ0v) is 20.3. The second-order valence-corrected chi connectivity index (χ2v) is 9.24. The number of nitriles is 1. The summed E-state index contributed by atoms with van der Waals surface area (Å²) in [5.74, 6) is 1.77. The summed E-state index contributed by atoms with van der Waals surface area (Å²) in [6.07, 6.45) is 7.79. The molecule has 1 amide bonds. The lowest BCUT2D eigenvalue weighted by Gasteiger charge is -2.41.